The van der Waals surface area contributed by atoms with Gasteiger partial charge in [-0.25, -0.2) is 4.39 Å². The molecule has 1 saturated carbocycles. The molecule has 24 heavy (non-hydrogen) atoms. The number of rotatable bonds is 3. The fourth-order valence-corrected chi connectivity index (χ4v) is 3.83. The van der Waals surface area contributed by atoms with E-state index in [0.29, 0.717) is 28.4 Å². The van der Waals surface area contributed by atoms with Crippen molar-refractivity contribution in [3.8, 4) is 5.75 Å². The Labute approximate surface area is 140 Å². The Kier molecular flexibility index (Phi) is 3.74. The predicted molar refractivity (Wildman–Crippen MR) is 93.8 cm³/mol. The van der Waals surface area contributed by atoms with E-state index in [0.717, 1.165) is 44.3 Å². The number of piperidine rings is 1. The van der Waals surface area contributed by atoms with E-state index in [-0.39, 0.29) is 11.2 Å². The summed E-state index contributed by atoms with van der Waals surface area (Å²) in [5, 5.41) is 0.428. The molecular weight excluding hydrogens is 307 g/mol. The molecule has 0 unspecified atom stereocenters. The largest absolute Gasteiger partial charge is 0.492 e. The molecular formula is C19H23FN2O2. The van der Waals surface area contributed by atoms with Crippen LogP contribution >= 0.6 is 0 Å². The first kappa shape index (κ1) is 15.5. The molecule has 1 aromatic carbocycles. The Morgan fingerprint density at radius 3 is 2.54 bits per heavy atom. The van der Waals surface area contributed by atoms with Gasteiger partial charge in [-0.1, -0.05) is 0 Å². The van der Waals surface area contributed by atoms with Crippen molar-refractivity contribution in [3.05, 3.63) is 33.9 Å². The summed E-state index contributed by atoms with van der Waals surface area (Å²) in [6.45, 7) is 3.46. The minimum Gasteiger partial charge on any atom is -0.492 e. The van der Waals surface area contributed by atoms with Gasteiger partial charge in [-0.15, -0.1) is 0 Å². The number of halogens is 1. The topological polar surface area (TPSA) is 34.5 Å². The number of fused-ring (bicyclic) bond motifs is 1. The Hall–Kier alpha value is -2.04. The summed E-state index contributed by atoms with van der Waals surface area (Å²) in [6, 6.07) is 1.80. The highest BCUT2D eigenvalue weighted by Crippen LogP contribution is 2.43. The van der Waals surface area contributed by atoms with Crippen LogP contribution in [-0.4, -0.2) is 24.8 Å². The summed E-state index contributed by atoms with van der Waals surface area (Å²) < 4.78 is 22.7. The summed E-state index contributed by atoms with van der Waals surface area (Å²) in [6.07, 6.45) is 7.39. The van der Waals surface area contributed by atoms with Crippen molar-refractivity contribution in [2.45, 2.75) is 45.1 Å². The van der Waals surface area contributed by atoms with E-state index in [1.165, 1.54) is 12.5 Å². The molecule has 1 saturated heterocycles. The Morgan fingerprint density at radius 2 is 1.92 bits per heavy atom. The summed E-state index contributed by atoms with van der Waals surface area (Å²) >= 11 is 0. The van der Waals surface area contributed by atoms with Gasteiger partial charge in [0.15, 0.2) is 17.0 Å². The molecule has 0 spiro atoms. The lowest BCUT2D eigenvalue weighted by Crippen LogP contribution is -2.31. The lowest BCUT2D eigenvalue weighted by molar-refractivity contribution is 0.411. The monoisotopic (exact) mass is 330 g/mol. The highest BCUT2D eigenvalue weighted by Gasteiger charge is 2.30. The third kappa shape index (κ3) is 2.38. The quantitative estimate of drug-likeness (QED) is 0.859. The molecule has 4 rings (SSSR count). The number of methoxy groups -OCH3 is 1. The van der Waals surface area contributed by atoms with Crippen LogP contribution in [0.5, 0.6) is 5.75 Å². The van der Waals surface area contributed by atoms with Gasteiger partial charge in [0.05, 0.1) is 18.0 Å². The Balaban J connectivity index is 2.04. The van der Waals surface area contributed by atoms with E-state index < -0.39 is 0 Å². The van der Waals surface area contributed by atoms with Crippen molar-refractivity contribution in [1.82, 2.24) is 4.57 Å². The summed E-state index contributed by atoms with van der Waals surface area (Å²) in [5.74, 6) is 0.155. The first-order valence-corrected chi connectivity index (χ1v) is 8.78. The number of ether oxygens (including phenoxy) is 1. The SMILES string of the molecule is COc1c(N2CCCCC2)c(F)cc2c(=O)c(C)cn(C3CC3)c12. The number of aromatic nitrogens is 1. The first-order valence-electron chi connectivity index (χ1n) is 8.78. The van der Waals surface area contributed by atoms with Gasteiger partial charge in [0.1, 0.15) is 5.69 Å². The lowest BCUT2D eigenvalue weighted by Gasteiger charge is -2.31. The van der Waals surface area contributed by atoms with Crippen LogP contribution in [0.15, 0.2) is 17.1 Å². The molecule has 2 fully saturated rings. The number of aryl methyl sites for hydroxylation is 1. The number of pyridine rings is 1. The summed E-state index contributed by atoms with van der Waals surface area (Å²) in [5.41, 5.74) is 1.81. The van der Waals surface area contributed by atoms with Gasteiger partial charge >= 0.3 is 0 Å². The second-order valence-corrected chi connectivity index (χ2v) is 6.96. The molecule has 0 amide bonds. The molecule has 2 aliphatic rings. The van der Waals surface area contributed by atoms with Gasteiger partial charge in [-0.05, 0) is 45.1 Å². The summed E-state index contributed by atoms with van der Waals surface area (Å²) in [4.78, 5) is 14.7. The van der Waals surface area contributed by atoms with Crippen molar-refractivity contribution >= 4 is 16.6 Å². The van der Waals surface area contributed by atoms with Crippen LogP contribution in [0.1, 0.15) is 43.7 Å². The van der Waals surface area contributed by atoms with Crippen LogP contribution in [0, 0.1) is 12.7 Å². The smallest absolute Gasteiger partial charge is 0.192 e. The van der Waals surface area contributed by atoms with Crippen molar-refractivity contribution < 1.29 is 9.13 Å². The number of nitrogens with zero attached hydrogens (tertiary/aromatic N) is 2. The first-order chi connectivity index (χ1) is 11.6. The van der Waals surface area contributed by atoms with Crippen molar-refractivity contribution in [3.63, 3.8) is 0 Å². The van der Waals surface area contributed by atoms with Gasteiger partial charge in [0.2, 0.25) is 0 Å². The molecule has 4 nitrogen and oxygen atoms in total. The molecule has 0 N–H and O–H groups in total. The Bertz CT molecular complexity index is 849. The van der Waals surface area contributed by atoms with Crippen LogP contribution < -0.4 is 15.1 Å². The molecule has 2 heterocycles. The normalized spacial score (nSPS) is 18.2. The lowest BCUT2D eigenvalue weighted by atomic mass is 10.1. The van der Waals surface area contributed by atoms with Crippen molar-refractivity contribution in [1.29, 1.82) is 0 Å². The molecule has 1 aromatic heterocycles. The molecule has 5 heteroatoms. The standard InChI is InChI=1S/C19H23FN2O2/c1-12-11-22(13-6-7-13)16-14(18(12)23)10-15(20)17(19(16)24-2)21-8-4-3-5-9-21/h10-11,13H,3-9H2,1-2H3. The van der Waals surface area contributed by atoms with E-state index >= 15 is 0 Å². The molecule has 0 bridgehead atoms. The average Bonchev–Trinajstić information content (AvgIpc) is 3.43. The minimum absolute atomic E-state index is 0.107. The third-order valence-electron chi connectivity index (χ3n) is 5.19. The maximum Gasteiger partial charge on any atom is 0.192 e. The second kappa shape index (κ2) is 5.80. The van der Waals surface area contributed by atoms with Crippen LogP contribution in [0.4, 0.5) is 10.1 Å². The molecule has 128 valence electrons. The zero-order valence-corrected chi connectivity index (χ0v) is 14.3. The van der Waals surface area contributed by atoms with Crippen molar-refractivity contribution in [2.75, 3.05) is 25.1 Å². The predicted octanol–water partition coefficient (Wildman–Crippen LogP) is 3.78. The Morgan fingerprint density at radius 1 is 1.21 bits per heavy atom. The number of hydrogen-bond donors (Lipinski definition) is 0. The van der Waals surface area contributed by atoms with Gasteiger partial charge in [-0.3, -0.25) is 4.79 Å². The number of hydrogen-bond acceptors (Lipinski definition) is 3. The molecule has 0 atom stereocenters. The van der Waals surface area contributed by atoms with Gasteiger partial charge in [0.25, 0.3) is 0 Å². The van der Waals surface area contributed by atoms with Crippen molar-refractivity contribution in [2.24, 2.45) is 0 Å². The second-order valence-electron chi connectivity index (χ2n) is 6.96. The van der Waals surface area contributed by atoms with Crippen LogP contribution in [-0.2, 0) is 0 Å². The minimum atomic E-state index is -0.355. The molecule has 2 aromatic rings. The van der Waals surface area contributed by atoms with Gasteiger partial charge in [0, 0.05) is 30.9 Å². The zero-order chi connectivity index (χ0) is 16.8. The molecule has 1 aliphatic heterocycles. The number of anilines is 1. The van der Waals surface area contributed by atoms with Crippen LogP contribution in [0.25, 0.3) is 10.9 Å². The third-order valence-corrected chi connectivity index (χ3v) is 5.19. The van der Waals surface area contributed by atoms with Gasteiger partial charge in [-0.2, -0.15) is 0 Å². The fourth-order valence-electron chi connectivity index (χ4n) is 3.83. The molecule has 0 radical (unpaired) electrons. The van der Waals surface area contributed by atoms with Crippen LogP contribution in [0.3, 0.4) is 0 Å². The number of benzene rings is 1. The molecule has 1 aliphatic carbocycles. The fraction of sp³-hybridized carbons (Fsp3) is 0.526. The van der Waals surface area contributed by atoms with E-state index in [2.05, 4.69) is 9.47 Å². The maximum atomic E-state index is 14.9. The summed E-state index contributed by atoms with van der Waals surface area (Å²) in [7, 11) is 1.57. The van der Waals surface area contributed by atoms with E-state index in [9.17, 15) is 9.18 Å². The maximum absolute atomic E-state index is 14.9. The van der Waals surface area contributed by atoms with E-state index in [4.69, 9.17) is 4.74 Å². The average molecular weight is 330 g/mol. The van der Waals surface area contributed by atoms with E-state index in [1.807, 2.05) is 6.20 Å². The van der Waals surface area contributed by atoms with Gasteiger partial charge < -0.3 is 14.2 Å². The highest BCUT2D eigenvalue weighted by molar-refractivity contribution is 5.92. The zero-order valence-electron chi connectivity index (χ0n) is 14.3. The van der Waals surface area contributed by atoms with E-state index in [1.54, 1.807) is 14.0 Å². The highest BCUT2D eigenvalue weighted by atomic mass is 19.1. The van der Waals surface area contributed by atoms with Crippen LogP contribution in [0.2, 0.25) is 0 Å².